The number of aliphatic hydroxyl groups excluding tert-OH is 1. The molecule has 0 saturated heterocycles. The lowest BCUT2D eigenvalue weighted by molar-refractivity contribution is 0.199. The van der Waals surface area contributed by atoms with Crippen LogP contribution in [0.15, 0.2) is 40.9 Å². The van der Waals surface area contributed by atoms with Gasteiger partial charge in [-0.25, -0.2) is 0 Å². The highest BCUT2D eigenvalue weighted by Crippen LogP contribution is 2.34. The van der Waals surface area contributed by atoms with Crippen molar-refractivity contribution in [3.8, 4) is 11.5 Å². The lowest BCUT2D eigenvalue weighted by Crippen LogP contribution is -1.92. The third kappa shape index (κ3) is 3.86. The number of halogens is 3. The fourth-order valence-corrected chi connectivity index (χ4v) is 2.56. The van der Waals surface area contributed by atoms with Crippen LogP contribution in [0, 0.1) is 0 Å². The van der Waals surface area contributed by atoms with E-state index in [2.05, 4.69) is 15.9 Å². The molecular formula is C14H11BrCl2O2. The van der Waals surface area contributed by atoms with Crippen LogP contribution in [-0.2, 0) is 0 Å². The first-order valence-corrected chi connectivity index (χ1v) is 7.12. The summed E-state index contributed by atoms with van der Waals surface area (Å²) in [6, 6.07) is 10.4. The van der Waals surface area contributed by atoms with E-state index in [4.69, 9.17) is 27.9 Å². The van der Waals surface area contributed by atoms with Gasteiger partial charge in [-0.05, 0) is 58.7 Å². The number of aliphatic hydroxyl groups is 1. The molecule has 0 amide bonds. The Morgan fingerprint density at radius 2 is 1.74 bits per heavy atom. The molecule has 0 bridgehead atoms. The van der Waals surface area contributed by atoms with Crippen LogP contribution < -0.4 is 4.74 Å². The SMILES string of the molecule is CC(O)c1ccc(Oc2cc(Cl)cc(Cl)c2)c(Br)c1. The first-order valence-electron chi connectivity index (χ1n) is 5.57. The number of benzene rings is 2. The summed E-state index contributed by atoms with van der Waals surface area (Å²) in [7, 11) is 0. The second-order valence-electron chi connectivity index (χ2n) is 4.07. The van der Waals surface area contributed by atoms with E-state index < -0.39 is 6.10 Å². The van der Waals surface area contributed by atoms with Crippen molar-refractivity contribution in [2.24, 2.45) is 0 Å². The third-order valence-corrected chi connectivity index (χ3v) is 3.56. The molecule has 0 aromatic heterocycles. The van der Waals surface area contributed by atoms with Gasteiger partial charge in [0.25, 0.3) is 0 Å². The Balaban J connectivity index is 2.28. The molecule has 2 nitrogen and oxygen atoms in total. The summed E-state index contributed by atoms with van der Waals surface area (Å²) < 4.78 is 6.46. The average molecular weight is 362 g/mol. The largest absolute Gasteiger partial charge is 0.456 e. The summed E-state index contributed by atoms with van der Waals surface area (Å²) in [6.45, 7) is 1.71. The Hall–Kier alpha value is -0.740. The van der Waals surface area contributed by atoms with Crippen LogP contribution in [0.1, 0.15) is 18.6 Å². The van der Waals surface area contributed by atoms with Crippen molar-refractivity contribution < 1.29 is 9.84 Å². The molecule has 1 unspecified atom stereocenters. The van der Waals surface area contributed by atoms with Crippen LogP contribution >= 0.6 is 39.1 Å². The molecular weight excluding hydrogens is 351 g/mol. The quantitative estimate of drug-likeness (QED) is 0.770. The second kappa shape index (κ2) is 6.14. The maximum Gasteiger partial charge on any atom is 0.141 e. The van der Waals surface area contributed by atoms with Gasteiger partial charge in [-0.1, -0.05) is 29.3 Å². The molecule has 0 heterocycles. The second-order valence-corrected chi connectivity index (χ2v) is 5.80. The normalized spacial score (nSPS) is 12.3. The van der Waals surface area contributed by atoms with Crippen molar-refractivity contribution in [2.45, 2.75) is 13.0 Å². The molecule has 0 radical (unpaired) electrons. The predicted octanol–water partition coefficient (Wildman–Crippen LogP) is 5.60. The highest BCUT2D eigenvalue weighted by molar-refractivity contribution is 9.10. The van der Waals surface area contributed by atoms with Gasteiger partial charge in [0.05, 0.1) is 10.6 Å². The van der Waals surface area contributed by atoms with Crippen LogP contribution in [0.2, 0.25) is 10.0 Å². The van der Waals surface area contributed by atoms with Crippen molar-refractivity contribution in [2.75, 3.05) is 0 Å². The van der Waals surface area contributed by atoms with Gasteiger partial charge in [0, 0.05) is 10.0 Å². The van der Waals surface area contributed by atoms with E-state index in [0.717, 1.165) is 10.0 Å². The van der Waals surface area contributed by atoms with Crippen molar-refractivity contribution in [1.29, 1.82) is 0 Å². The van der Waals surface area contributed by atoms with Crippen LogP contribution in [-0.4, -0.2) is 5.11 Å². The topological polar surface area (TPSA) is 29.5 Å². The van der Waals surface area contributed by atoms with E-state index >= 15 is 0 Å². The van der Waals surface area contributed by atoms with Crippen molar-refractivity contribution in [3.05, 3.63) is 56.5 Å². The standard InChI is InChI=1S/C14H11BrCl2O2/c1-8(18)9-2-3-14(13(15)4-9)19-12-6-10(16)5-11(17)7-12/h2-8,18H,1H3. The van der Waals surface area contributed by atoms with Gasteiger partial charge < -0.3 is 9.84 Å². The number of hydrogen-bond donors (Lipinski definition) is 1. The van der Waals surface area contributed by atoms with Gasteiger partial charge in [-0.2, -0.15) is 0 Å². The smallest absolute Gasteiger partial charge is 0.141 e. The van der Waals surface area contributed by atoms with Crippen LogP contribution in [0.3, 0.4) is 0 Å². The Labute approximate surface area is 130 Å². The molecule has 0 saturated carbocycles. The van der Waals surface area contributed by atoms with E-state index in [0.29, 0.717) is 21.5 Å². The summed E-state index contributed by atoms with van der Waals surface area (Å²) in [5.74, 6) is 1.19. The first kappa shape index (κ1) is 14.7. The summed E-state index contributed by atoms with van der Waals surface area (Å²) in [5, 5.41) is 10.5. The van der Waals surface area contributed by atoms with Crippen molar-refractivity contribution >= 4 is 39.1 Å². The Kier molecular flexibility index (Phi) is 4.74. The van der Waals surface area contributed by atoms with Crippen LogP contribution in [0.5, 0.6) is 11.5 Å². The summed E-state index contributed by atoms with van der Waals surface area (Å²) >= 11 is 15.2. The van der Waals surface area contributed by atoms with Gasteiger partial charge in [0.1, 0.15) is 11.5 Å². The third-order valence-electron chi connectivity index (χ3n) is 2.50. The summed E-state index contributed by atoms with van der Waals surface area (Å²) in [6.07, 6.45) is -0.522. The lowest BCUT2D eigenvalue weighted by atomic mass is 10.1. The van der Waals surface area contributed by atoms with Gasteiger partial charge in [0.2, 0.25) is 0 Å². The fourth-order valence-electron chi connectivity index (χ4n) is 1.57. The van der Waals surface area contributed by atoms with E-state index in [1.807, 2.05) is 6.07 Å². The number of rotatable bonds is 3. The van der Waals surface area contributed by atoms with E-state index in [-0.39, 0.29) is 0 Å². The average Bonchev–Trinajstić information content (AvgIpc) is 2.30. The Bertz CT molecular complexity index is 580. The number of ether oxygens (including phenoxy) is 1. The molecule has 2 rings (SSSR count). The van der Waals surface area contributed by atoms with Gasteiger partial charge in [0.15, 0.2) is 0 Å². The van der Waals surface area contributed by atoms with Crippen molar-refractivity contribution in [1.82, 2.24) is 0 Å². The molecule has 2 aromatic rings. The monoisotopic (exact) mass is 360 g/mol. The van der Waals surface area contributed by atoms with E-state index in [9.17, 15) is 5.11 Å². The highest BCUT2D eigenvalue weighted by Gasteiger charge is 2.08. The Morgan fingerprint density at radius 3 is 2.26 bits per heavy atom. The lowest BCUT2D eigenvalue weighted by Gasteiger charge is -2.11. The summed E-state index contributed by atoms with van der Waals surface area (Å²) in [5.41, 5.74) is 0.809. The molecule has 1 atom stereocenters. The van der Waals surface area contributed by atoms with E-state index in [1.165, 1.54) is 0 Å². The maximum absolute atomic E-state index is 9.51. The van der Waals surface area contributed by atoms with E-state index in [1.54, 1.807) is 37.3 Å². The molecule has 19 heavy (non-hydrogen) atoms. The minimum absolute atomic E-state index is 0.513. The van der Waals surface area contributed by atoms with Crippen LogP contribution in [0.4, 0.5) is 0 Å². The van der Waals surface area contributed by atoms with Crippen LogP contribution in [0.25, 0.3) is 0 Å². The Morgan fingerprint density at radius 1 is 1.11 bits per heavy atom. The maximum atomic E-state index is 9.51. The first-order chi connectivity index (χ1) is 8.95. The molecule has 0 aliphatic carbocycles. The molecule has 0 fully saturated rings. The molecule has 100 valence electrons. The zero-order valence-electron chi connectivity index (χ0n) is 10.0. The fraction of sp³-hybridized carbons (Fsp3) is 0.143. The molecule has 1 N–H and O–H groups in total. The zero-order valence-corrected chi connectivity index (χ0v) is 13.1. The highest BCUT2D eigenvalue weighted by atomic mass is 79.9. The zero-order chi connectivity index (χ0) is 14.0. The molecule has 5 heteroatoms. The molecule has 2 aromatic carbocycles. The van der Waals surface area contributed by atoms with Crippen molar-refractivity contribution in [3.63, 3.8) is 0 Å². The minimum atomic E-state index is -0.522. The summed E-state index contributed by atoms with van der Waals surface area (Å²) in [4.78, 5) is 0. The minimum Gasteiger partial charge on any atom is -0.456 e. The predicted molar refractivity (Wildman–Crippen MR) is 81.3 cm³/mol. The van der Waals surface area contributed by atoms with Gasteiger partial charge in [-0.3, -0.25) is 0 Å². The molecule has 0 aliphatic heterocycles. The molecule has 0 spiro atoms. The molecule has 0 aliphatic rings. The number of hydrogen-bond acceptors (Lipinski definition) is 2. The van der Waals surface area contributed by atoms with Gasteiger partial charge in [-0.15, -0.1) is 0 Å². The van der Waals surface area contributed by atoms with Gasteiger partial charge >= 0.3 is 0 Å².